The number of hydrogen-bond donors (Lipinski definition) is 0. The topological polar surface area (TPSA) is 47.9 Å². The van der Waals surface area contributed by atoms with Gasteiger partial charge in [-0.2, -0.15) is 0 Å². The van der Waals surface area contributed by atoms with Crippen LogP contribution in [0.15, 0.2) is 188 Å². The van der Waals surface area contributed by atoms with Gasteiger partial charge in [0.1, 0.15) is 11.5 Å². The van der Waals surface area contributed by atoms with Gasteiger partial charge in [0.15, 0.2) is 17.5 Å². The fourth-order valence-corrected chi connectivity index (χ4v) is 7.96. The van der Waals surface area contributed by atoms with Crippen LogP contribution in [0, 0.1) is 0 Å². The van der Waals surface area contributed by atoms with Crippen LogP contribution in [0.4, 0.5) is 0 Å². The number of benzene rings is 9. The molecule has 0 saturated carbocycles. The summed E-state index contributed by atoms with van der Waals surface area (Å²) in [5.74, 6) is 3.34. The molecule has 2 heterocycles. The van der Waals surface area contributed by atoms with Crippen molar-refractivity contribution in [1.82, 2.24) is 15.0 Å². The van der Waals surface area contributed by atoms with E-state index in [0.29, 0.717) is 17.5 Å². The minimum Gasteiger partial charge on any atom is -0.455 e. The minimum atomic E-state index is 0.563. The summed E-state index contributed by atoms with van der Waals surface area (Å²) < 4.78 is 6.89. The van der Waals surface area contributed by atoms with Crippen LogP contribution in [0.2, 0.25) is 0 Å². The molecule has 4 nitrogen and oxygen atoms in total. The molecular weight excluding hydrogens is 671 g/mol. The van der Waals surface area contributed by atoms with Crippen molar-refractivity contribution < 1.29 is 4.74 Å². The summed E-state index contributed by atoms with van der Waals surface area (Å²) in [6, 6.07) is 65.9. The molecule has 10 aromatic rings. The first-order valence-corrected chi connectivity index (χ1v) is 18.5. The Kier molecular flexibility index (Phi) is 7.14. The van der Waals surface area contributed by atoms with Crippen molar-refractivity contribution in [2.24, 2.45) is 0 Å². The Bertz CT molecular complexity index is 3120. The van der Waals surface area contributed by atoms with Crippen LogP contribution in [0.25, 0.3) is 99.9 Å². The Hall–Kier alpha value is -7.43. The fourth-order valence-electron chi connectivity index (χ4n) is 7.96. The van der Waals surface area contributed by atoms with Crippen molar-refractivity contribution in [3.63, 3.8) is 0 Å². The zero-order valence-corrected chi connectivity index (χ0v) is 29.6. The van der Waals surface area contributed by atoms with Gasteiger partial charge in [0.05, 0.1) is 5.56 Å². The van der Waals surface area contributed by atoms with Crippen LogP contribution >= 0.6 is 0 Å². The molecule has 0 amide bonds. The molecule has 0 radical (unpaired) electrons. The summed E-state index contributed by atoms with van der Waals surface area (Å²) in [4.78, 5) is 15.2. The van der Waals surface area contributed by atoms with E-state index in [-0.39, 0.29) is 0 Å². The predicted molar refractivity (Wildman–Crippen MR) is 225 cm³/mol. The van der Waals surface area contributed by atoms with Gasteiger partial charge in [-0.15, -0.1) is 0 Å². The summed E-state index contributed by atoms with van der Waals surface area (Å²) in [6.07, 6.45) is 0. The SMILES string of the molecule is c1ccc(-c2nc(-c3ccc4ccccc4c3)nc(-c3cccc4c3Oc3ccc(-c5ccc(-c6ccc7ccccc7c6)cc5)c5cccc-4c35)n2)cc1. The maximum atomic E-state index is 6.89. The molecule has 0 spiro atoms. The quantitative estimate of drug-likeness (QED) is 0.179. The number of aromatic nitrogens is 3. The van der Waals surface area contributed by atoms with Gasteiger partial charge in [0, 0.05) is 22.1 Å². The molecule has 0 unspecified atom stereocenters. The third-order valence-corrected chi connectivity index (χ3v) is 10.7. The van der Waals surface area contributed by atoms with Gasteiger partial charge >= 0.3 is 0 Å². The van der Waals surface area contributed by atoms with Gasteiger partial charge < -0.3 is 4.74 Å². The molecule has 256 valence electrons. The molecule has 0 N–H and O–H groups in total. The Morgan fingerprint density at radius 3 is 1.64 bits per heavy atom. The number of ether oxygens (including phenoxy) is 1. The lowest BCUT2D eigenvalue weighted by molar-refractivity contribution is 0.488. The number of rotatable bonds is 5. The van der Waals surface area contributed by atoms with Crippen molar-refractivity contribution in [1.29, 1.82) is 0 Å². The molecule has 0 saturated heterocycles. The van der Waals surface area contributed by atoms with Crippen LogP contribution in [0.3, 0.4) is 0 Å². The van der Waals surface area contributed by atoms with Crippen molar-refractivity contribution in [2.75, 3.05) is 0 Å². The summed E-state index contributed by atoms with van der Waals surface area (Å²) in [5.41, 5.74) is 9.53. The molecule has 0 fully saturated rings. The van der Waals surface area contributed by atoms with Crippen molar-refractivity contribution in [3.05, 3.63) is 188 Å². The van der Waals surface area contributed by atoms with Gasteiger partial charge in [0.25, 0.3) is 0 Å². The van der Waals surface area contributed by atoms with Gasteiger partial charge in [-0.3, -0.25) is 0 Å². The van der Waals surface area contributed by atoms with E-state index in [2.05, 4.69) is 152 Å². The van der Waals surface area contributed by atoms with E-state index in [1.54, 1.807) is 0 Å². The highest BCUT2D eigenvalue weighted by atomic mass is 16.5. The highest BCUT2D eigenvalue weighted by Gasteiger charge is 2.26. The summed E-state index contributed by atoms with van der Waals surface area (Å²) >= 11 is 0. The smallest absolute Gasteiger partial charge is 0.167 e. The lowest BCUT2D eigenvalue weighted by Crippen LogP contribution is -2.04. The molecule has 0 atom stereocenters. The van der Waals surface area contributed by atoms with Crippen LogP contribution in [0.1, 0.15) is 0 Å². The normalized spacial score (nSPS) is 11.8. The van der Waals surface area contributed by atoms with Crippen LogP contribution in [-0.4, -0.2) is 15.0 Å². The molecule has 11 rings (SSSR count). The average Bonchev–Trinajstić information content (AvgIpc) is 3.26. The summed E-state index contributed by atoms with van der Waals surface area (Å²) in [6.45, 7) is 0. The maximum Gasteiger partial charge on any atom is 0.167 e. The van der Waals surface area contributed by atoms with E-state index in [0.717, 1.165) is 61.0 Å². The number of fused-ring (bicyclic) bond motifs is 4. The molecule has 0 aliphatic carbocycles. The molecule has 0 bridgehead atoms. The van der Waals surface area contributed by atoms with E-state index in [1.165, 1.54) is 32.8 Å². The predicted octanol–water partition coefficient (Wildman–Crippen LogP) is 13.4. The standard InChI is InChI=1S/C51H31N3O/c1-2-12-36(13-3-1)49-52-50(40-27-23-33-11-5-7-15-38(33)31-40)54-51(53-49)45-19-9-18-44-43-17-8-16-42-41(28-29-46(47(42)43)55-48(44)45)35-24-20-34(21-25-35)39-26-22-32-10-4-6-14-37(32)30-39/h1-31H. The monoisotopic (exact) mass is 701 g/mol. The first-order chi connectivity index (χ1) is 27.2. The van der Waals surface area contributed by atoms with Gasteiger partial charge in [-0.1, -0.05) is 164 Å². The van der Waals surface area contributed by atoms with Crippen molar-refractivity contribution in [3.8, 4) is 79.0 Å². The van der Waals surface area contributed by atoms with E-state index >= 15 is 0 Å². The van der Waals surface area contributed by atoms with Gasteiger partial charge in [-0.25, -0.2) is 15.0 Å². The molecule has 1 aliphatic heterocycles. The Morgan fingerprint density at radius 1 is 0.309 bits per heavy atom. The van der Waals surface area contributed by atoms with Gasteiger partial charge in [-0.05, 0) is 79.0 Å². The highest BCUT2D eigenvalue weighted by Crippen LogP contribution is 2.51. The third kappa shape index (κ3) is 5.34. The molecule has 1 aromatic heterocycles. The number of hydrogen-bond acceptors (Lipinski definition) is 4. The average molecular weight is 702 g/mol. The maximum absolute atomic E-state index is 6.89. The Labute approximate surface area is 318 Å². The van der Waals surface area contributed by atoms with E-state index < -0.39 is 0 Å². The molecule has 4 heteroatoms. The molecule has 9 aromatic carbocycles. The van der Waals surface area contributed by atoms with E-state index in [1.807, 2.05) is 36.4 Å². The summed E-state index contributed by atoms with van der Waals surface area (Å²) in [7, 11) is 0. The molecule has 1 aliphatic rings. The highest BCUT2D eigenvalue weighted by molar-refractivity contribution is 6.10. The third-order valence-electron chi connectivity index (χ3n) is 10.7. The van der Waals surface area contributed by atoms with Crippen LogP contribution in [0.5, 0.6) is 11.5 Å². The lowest BCUT2D eigenvalue weighted by atomic mass is 9.89. The van der Waals surface area contributed by atoms with Crippen LogP contribution < -0.4 is 4.74 Å². The van der Waals surface area contributed by atoms with Gasteiger partial charge in [0.2, 0.25) is 0 Å². The molecule has 55 heavy (non-hydrogen) atoms. The second-order valence-electron chi connectivity index (χ2n) is 14.0. The zero-order chi connectivity index (χ0) is 36.3. The first-order valence-electron chi connectivity index (χ1n) is 18.5. The lowest BCUT2D eigenvalue weighted by Gasteiger charge is -2.24. The Morgan fingerprint density at radius 2 is 0.873 bits per heavy atom. The minimum absolute atomic E-state index is 0.563. The molecular formula is C51H31N3O. The van der Waals surface area contributed by atoms with Crippen molar-refractivity contribution in [2.45, 2.75) is 0 Å². The first kappa shape index (κ1) is 31.1. The largest absolute Gasteiger partial charge is 0.455 e. The van der Waals surface area contributed by atoms with E-state index in [4.69, 9.17) is 19.7 Å². The Balaban J connectivity index is 1.01. The second-order valence-corrected chi connectivity index (χ2v) is 14.0. The fraction of sp³-hybridized carbons (Fsp3) is 0. The number of nitrogens with zero attached hydrogens (tertiary/aromatic N) is 3. The van der Waals surface area contributed by atoms with Crippen LogP contribution in [-0.2, 0) is 0 Å². The second kappa shape index (κ2) is 12.6. The number of para-hydroxylation sites is 1. The van der Waals surface area contributed by atoms with Crippen molar-refractivity contribution >= 4 is 32.3 Å². The van der Waals surface area contributed by atoms with E-state index in [9.17, 15) is 0 Å². The summed E-state index contributed by atoms with van der Waals surface area (Å²) in [5, 5.41) is 7.04. The zero-order valence-electron chi connectivity index (χ0n) is 29.6.